The number of aryl methyl sites for hydroxylation is 5. The van der Waals surface area contributed by atoms with E-state index in [0.29, 0.717) is 11.6 Å². The molecule has 0 radical (unpaired) electrons. The summed E-state index contributed by atoms with van der Waals surface area (Å²) in [6, 6.07) is 11.8. The zero-order valence-electron chi connectivity index (χ0n) is 18.2. The van der Waals surface area contributed by atoms with E-state index in [1.54, 1.807) is 13.2 Å². The minimum Gasteiger partial charge on any atom is -0.473 e. The maximum atomic E-state index is 12.3. The maximum absolute atomic E-state index is 12.3. The third-order valence-electron chi connectivity index (χ3n) is 5.24. The minimum atomic E-state index is -0.313. The van der Waals surface area contributed by atoms with Crippen LogP contribution in [0.1, 0.15) is 27.9 Å². The monoisotopic (exact) mass is 416 g/mol. The number of hydrogen-bond acceptors (Lipinski definition) is 6. The molecule has 0 N–H and O–H groups in total. The first-order chi connectivity index (χ1) is 14.8. The molecule has 1 aromatic carbocycles. The van der Waals surface area contributed by atoms with Gasteiger partial charge in [0.25, 0.3) is 0 Å². The van der Waals surface area contributed by atoms with Crippen molar-refractivity contribution in [2.45, 2.75) is 34.3 Å². The second-order valence-corrected chi connectivity index (χ2v) is 7.62. The van der Waals surface area contributed by atoms with Crippen molar-refractivity contribution in [2.75, 3.05) is 0 Å². The van der Waals surface area contributed by atoms with E-state index < -0.39 is 0 Å². The largest absolute Gasteiger partial charge is 0.473 e. The van der Waals surface area contributed by atoms with Crippen LogP contribution in [0.4, 0.5) is 0 Å². The molecule has 0 aliphatic carbocycles. The van der Waals surface area contributed by atoms with Crippen molar-refractivity contribution in [3.05, 3.63) is 81.0 Å². The molecule has 4 rings (SSSR count). The fraction of sp³-hybridized carbons (Fsp3) is 0.261. The molecule has 0 aliphatic heterocycles. The Kier molecular flexibility index (Phi) is 5.37. The van der Waals surface area contributed by atoms with Crippen LogP contribution in [0.3, 0.4) is 0 Å². The molecule has 0 spiro atoms. The second kappa shape index (κ2) is 8.14. The lowest BCUT2D eigenvalue weighted by Gasteiger charge is -2.15. The van der Waals surface area contributed by atoms with Gasteiger partial charge in [0.15, 0.2) is 0 Å². The lowest BCUT2D eigenvalue weighted by atomic mass is 10.1. The van der Waals surface area contributed by atoms with Crippen LogP contribution in [0.15, 0.2) is 47.4 Å². The smallest absolute Gasteiger partial charge is 0.368 e. The van der Waals surface area contributed by atoms with E-state index >= 15 is 0 Å². The Hall–Kier alpha value is -3.81. The first kappa shape index (κ1) is 20.5. The normalized spacial score (nSPS) is 11.0. The van der Waals surface area contributed by atoms with E-state index in [1.807, 2.05) is 64.1 Å². The quantitative estimate of drug-likeness (QED) is 0.496. The summed E-state index contributed by atoms with van der Waals surface area (Å²) < 4.78 is 8.58. The molecular formula is C23H24N6O2. The van der Waals surface area contributed by atoms with E-state index in [9.17, 15) is 4.79 Å². The van der Waals surface area contributed by atoms with Gasteiger partial charge in [-0.05, 0) is 73.5 Å². The average molecular weight is 416 g/mol. The molecular weight excluding hydrogens is 392 g/mol. The Morgan fingerprint density at radius 2 is 1.81 bits per heavy atom. The topological polar surface area (TPSA) is 87.7 Å². The molecule has 0 aliphatic rings. The highest BCUT2D eigenvalue weighted by Crippen LogP contribution is 2.28. The van der Waals surface area contributed by atoms with Crippen LogP contribution in [0.5, 0.6) is 5.88 Å². The first-order valence-corrected chi connectivity index (χ1v) is 9.97. The number of tetrazole rings is 1. The number of aromatic nitrogens is 6. The minimum absolute atomic E-state index is 0.250. The van der Waals surface area contributed by atoms with Gasteiger partial charge in [-0.25, -0.2) is 9.78 Å². The van der Waals surface area contributed by atoms with Gasteiger partial charge in [0.05, 0.1) is 17.1 Å². The molecule has 0 saturated carbocycles. The average Bonchev–Trinajstić information content (AvgIpc) is 3.07. The molecule has 0 atom stereocenters. The highest BCUT2D eigenvalue weighted by atomic mass is 16.5. The molecule has 3 aromatic heterocycles. The van der Waals surface area contributed by atoms with E-state index in [-0.39, 0.29) is 12.3 Å². The summed E-state index contributed by atoms with van der Waals surface area (Å²) in [5, 5.41) is 7.78. The van der Waals surface area contributed by atoms with Crippen molar-refractivity contribution in [2.24, 2.45) is 7.05 Å². The van der Waals surface area contributed by atoms with Crippen molar-refractivity contribution in [3.63, 3.8) is 0 Å². The van der Waals surface area contributed by atoms with Crippen LogP contribution in [0.25, 0.3) is 16.9 Å². The number of pyridine rings is 2. The lowest BCUT2D eigenvalue weighted by molar-refractivity contribution is 0.290. The summed E-state index contributed by atoms with van der Waals surface area (Å²) in [6.07, 6.45) is 1.80. The van der Waals surface area contributed by atoms with E-state index in [1.165, 1.54) is 9.36 Å². The molecule has 0 bridgehead atoms. The van der Waals surface area contributed by atoms with Crippen LogP contribution < -0.4 is 10.4 Å². The summed E-state index contributed by atoms with van der Waals surface area (Å²) in [5.41, 5.74) is 6.95. The van der Waals surface area contributed by atoms with Crippen molar-refractivity contribution < 1.29 is 4.74 Å². The fourth-order valence-electron chi connectivity index (χ4n) is 3.45. The van der Waals surface area contributed by atoms with Crippen LogP contribution >= 0.6 is 0 Å². The van der Waals surface area contributed by atoms with E-state index in [2.05, 4.69) is 20.4 Å². The number of ether oxygens (including phenoxy) is 1. The molecule has 0 fully saturated rings. The summed E-state index contributed by atoms with van der Waals surface area (Å²) >= 11 is 0. The third-order valence-corrected chi connectivity index (χ3v) is 5.24. The summed E-state index contributed by atoms with van der Waals surface area (Å²) in [7, 11) is 1.57. The molecule has 3 heterocycles. The summed E-state index contributed by atoms with van der Waals surface area (Å²) in [6.45, 7) is 8.18. The van der Waals surface area contributed by atoms with Crippen LogP contribution in [0.2, 0.25) is 0 Å². The fourth-order valence-corrected chi connectivity index (χ4v) is 3.45. The predicted octanol–water partition coefficient (Wildman–Crippen LogP) is 3.24. The molecule has 4 aromatic rings. The van der Waals surface area contributed by atoms with Gasteiger partial charge in [-0.1, -0.05) is 12.1 Å². The Balaban J connectivity index is 1.66. The molecule has 0 saturated heterocycles. The highest BCUT2D eigenvalue weighted by Gasteiger charge is 2.15. The Labute approximate surface area is 180 Å². The van der Waals surface area contributed by atoms with Crippen LogP contribution in [0, 0.1) is 27.7 Å². The molecule has 8 nitrogen and oxygen atoms in total. The van der Waals surface area contributed by atoms with Gasteiger partial charge >= 0.3 is 5.69 Å². The maximum Gasteiger partial charge on any atom is 0.368 e. The van der Waals surface area contributed by atoms with Crippen molar-refractivity contribution in [1.29, 1.82) is 0 Å². The van der Waals surface area contributed by atoms with Crippen molar-refractivity contribution >= 4 is 0 Å². The van der Waals surface area contributed by atoms with Crippen LogP contribution in [-0.2, 0) is 13.7 Å². The first-order valence-electron chi connectivity index (χ1n) is 9.97. The molecule has 31 heavy (non-hydrogen) atoms. The number of nitrogens with zero attached hydrogens (tertiary/aromatic N) is 6. The van der Waals surface area contributed by atoms with Crippen molar-refractivity contribution in [3.8, 4) is 22.8 Å². The van der Waals surface area contributed by atoms with Gasteiger partial charge < -0.3 is 4.74 Å². The van der Waals surface area contributed by atoms with Gasteiger partial charge in [0.1, 0.15) is 6.61 Å². The number of hydrogen-bond donors (Lipinski definition) is 0. The van der Waals surface area contributed by atoms with Gasteiger partial charge in [0.2, 0.25) is 5.88 Å². The van der Waals surface area contributed by atoms with Gasteiger partial charge in [0, 0.05) is 29.9 Å². The summed E-state index contributed by atoms with van der Waals surface area (Å²) in [5.74, 6) is 0.551. The Morgan fingerprint density at radius 1 is 1.00 bits per heavy atom. The van der Waals surface area contributed by atoms with E-state index in [4.69, 9.17) is 4.74 Å². The molecule has 0 unspecified atom stereocenters. The molecule has 8 heteroatoms. The zero-order valence-corrected chi connectivity index (χ0v) is 18.2. The molecule has 158 valence electrons. The molecule has 0 amide bonds. The van der Waals surface area contributed by atoms with E-state index in [0.717, 1.165) is 39.2 Å². The SMILES string of the molecule is Cc1ccnc(-c2cc(C)c(OCc3c(C)cccc3-n3nnn(C)c3=O)nc2C)c1. The standard InChI is InChI=1S/C23H24N6O2/c1-14-9-10-24-20(11-14)18-12-16(3)22(25-17(18)4)31-13-19-15(2)7-6-8-21(19)29-23(30)28(5)26-27-29/h6-12H,13H2,1-5H3. The number of benzene rings is 1. The van der Waals surface area contributed by atoms with Gasteiger partial charge in [-0.15, -0.1) is 0 Å². The van der Waals surface area contributed by atoms with Gasteiger partial charge in [-0.3, -0.25) is 4.98 Å². The van der Waals surface area contributed by atoms with Crippen LogP contribution in [-0.4, -0.2) is 29.8 Å². The Morgan fingerprint density at radius 3 is 2.52 bits per heavy atom. The lowest BCUT2D eigenvalue weighted by Crippen LogP contribution is -2.23. The predicted molar refractivity (Wildman–Crippen MR) is 117 cm³/mol. The third kappa shape index (κ3) is 3.96. The van der Waals surface area contributed by atoms with Gasteiger partial charge in [-0.2, -0.15) is 9.36 Å². The summed E-state index contributed by atoms with van der Waals surface area (Å²) in [4.78, 5) is 21.5. The highest BCUT2D eigenvalue weighted by molar-refractivity contribution is 5.64. The number of rotatable bonds is 5. The second-order valence-electron chi connectivity index (χ2n) is 7.62. The zero-order chi connectivity index (χ0) is 22.1. The van der Waals surface area contributed by atoms with Crippen molar-refractivity contribution in [1.82, 2.24) is 29.8 Å². The Bertz CT molecular complexity index is 1320.